The largest absolute Gasteiger partial charge is 0.480 e. The monoisotopic (exact) mass is 253 g/mol. The lowest BCUT2D eigenvalue weighted by atomic mass is 9.89. The molecule has 2 rings (SSSR count). The Kier molecular flexibility index (Phi) is 4.01. The Bertz CT molecular complexity index is 358. The van der Waals surface area contributed by atoms with Crippen LogP contribution in [0.2, 0.25) is 0 Å². The number of rotatable bonds is 4. The standard InChI is InChI=1S/C13H19NO4/c15-11(9-10-3-1-2-4-10)14-13(12(16)17)5-7-18-8-6-13/h1,3,10H,2,4-9H2,(H,14,15)(H,16,17). The normalized spacial score (nSPS) is 25.9. The summed E-state index contributed by atoms with van der Waals surface area (Å²) < 4.78 is 5.16. The minimum absolute atomic E-state index is 0.171. The van der Waals surface area contributed by atoms with Crippen LogP contribution in [0.5, 0.6) is 0 Å². The summed E-state index contributed by atoms with van der Waals surface area (Å²) in [5.74, 6) is -0.868. The molecule has 1 fully saturated rings. The SMILES string of the molecule is O=C(CC1C=CCC1)NC1(C(=O)O)CCOCC1. The fourth-order valence-corrected chi connectivity index (χ4v) is 2.53. The lowest BCUT2D eigenvalue weighted by Crippen LogP contribution is -2.57. The number of amides is 1. The molecule has 0 aromatic heterocycles. The molecule has 5 heteroatoms. The van der Waals surface area contributed by atoms with Crippen LogP contribution in [0.15, 0.2) is 12.2 Å². The van der Waals surface area contributed by atoms with Crippen molar-refractivity contribution in [2.75, 3.05) is 13.2 Å². The Morgan fingerprint density at radius 1 is 1.39 bits per heavy atom. The fraction of sp³-hybridized carbons (Fsp3) is 0.692. The third kappa shape index (κ3) is 2.90. The molecule has 0 saturated carbocycles. The summed E-state index contributed by atoms with van der Waals surface area (Å²) in [5, 5.41) is 12.0. The lowest BCUT2D eigenvalue weighted by Gasteiger charge is -2.34. The Balaban J connectivity index is 1.93. The molecule has 1 amide bonds. The van der Waals surface area contributed by atoms with Gasteiger partial charge in [-0.25, -0.2) is 4.79 Å². The molecule has 5 nitrogen and oxygen atoms in total. The molecule has 100 valence electrons. The number of carboxylic acids is 1. The Labute approximate surface area is 106 Å². The van der Waals surface area contributed by atoms with Crippen LogP contribution in [0.3, 0.4) is 0 Å². The number of carbonyl (C=O) groups is 2. The van der Waals surface area contributed by atoms with Gasteiger partial charge in [0, 0.05) is 32.5 Å². The summed E-state index contributed by atoms with van der Waals surface area (Å²) in [6, 6.07) is 0. The van der Waals surface area contributed by atoms with Crippen LogP contribution >= 0.6 is 0 Å². The highest BCUT2D eigenvalue weighted by Crippen LogP contribution is 2.24. The van der Waals surface area contributed by atoms with Crippen molar-refractivity contribution in [1.29, 1.82) is 0 Å². The van der Waals surface area contributed by atoms with E-state index < -0.39 is 11.5 Å². The van der Waals surface area contributed by atoms with E-state index in [4.69, 9.17) is 4.74 Å². The Morgan fingerprint density at radius 3 is 2.67 bits per heavy atom. The van der Waals surface area contributed by atoms with Crippen molar-refractivity contribution in [3.8, 4) is 0 Å². The highest BCUT2D eigenvalue weighted by Gasteiger charge is 2.41. The number of carbonyl (C=O) groups excluding carboxylic acids is 1. The van der Waals surface area contributed by atoms with Crippen LogP contribution < -0.4 is 5.32 Å². The van der Waals surface area contributed by atoms with Gasteiger partial charge in [-0.05, 0) is 18.8 Å². The van der Waals surface area contributed by atoms with Crippen molar-refractivity contribution in [1.82, 2.24) is 5.32 Å². The second kappa shape index (κ2) is 5.52. The number of hydrogen-bond donors (Lipinski definition) is 2. The molecule has 18 heavy (non-hydrogen) atoms. The Morgan fingerprint density at radius 2 is 2.11 bits per heavy atom. The molecule has 2 N–H and O–H groups in total. The number of allylic oxidation sites excluding steroid dienone is 2. The molecule has 1 heterocycles. The molecule has 0 aromatic carbocycles. The van der Waals surface area contributed by atoms with Crippen molar-refractivity contribution in [2.24, 2.45) is 5.92 Å². The number of nitrogens with one attached hydrogen (secondary N) is 1. The van der Waals surface area contributed by atoms with Crippen LogP contribution in [-0.2, 0) is 14.3 Å². The van der Waals surface area contributed by atoms with Crippen LogP contribution in [0.4, 0.5) is 0 Å². The molecule has 0 bridgehead atoms. The van der Waals surface area contributed by atoms with E-state index in [1.807, 2.05) is 6.08 Å². The van der Waals surface area contributed by atoms with E-state index in [2.05, 4.69) is 11.4 Å². The highest BCUT2D eigenvalue weighted by atomic mass is 16.5. The van der Waals surface area contributed by atoms with E-state index in [1.165, 1.54) is 0 Å². The molecule has 0 aromatic rings. The van der Waals surface area contributed by atoms with Gasteiger partial charge in [0.15, 0.2) is 0 Å². The molecule has 1 aliphatic carbocycles. The first-order valence-electron chi connectivity index (χ1n) is 6.41. The summed E-state index contributed by atoms with van der Waals surface area (Å²) in [7, 11) is 0. The average Bonchev–Trinajstić information content (AvgIpc) is 2.82. The first-order valence-corrected chi connectivity index (χ1v) is 6.41. The van der Waals surface area contributed by atoms with Crippen LogP contribution in [0.25, 0.3) is 0 Å². The third-order valence-electron chi connectivity index (χ3n) is 3.69. The van der Waals surface area contributed by atoms with Gasteiger partial charge in [0.2, 0.25) is 5.91 Å². The van der Waals surface area contributed by atoms with Crippen molar-refractivity contribution in [2.45, 2.75) is 37.6 Å². The minimum atomic E-state index is -1.13. The third-order valence-corrected chi connectivity index (χ3v) is 3.69. The maximum Gasteiger partial charge on any atom is 0.329 e. The molecular weight excluding hydrogens is 234 g/mol. The van der Waals surface area contributed by atoms with Crippen LogP contribution in [-0.4, -0.2) is 35.7 Å². The van der Waals surface area contributed by atoms with Gasteiger partial charge in [-0.15, -0.1) is 0 Å². The quantitative estimate of drug-likeness (QED) is 0.735. The Hall–Kier alpha value is -1.36. The van der Waals surface area contributed by atoms with Crippen molar-refractivity contribution in [3.63, 3.8) is 0 Å². The zero-order chi connectivity index (χ0) is 13.0. The second-order valence-electron chi connectivity index (χ2n) is 5.02. The van der Waals surface area contributed by atoms with E-state index in [1.54, 1.807) is 0 Å². The van der Waals surface area contributed by atoms with Gasteiger partial charge < -0.3 is 15.2 Å². The van der Waals surface area contributed by atoms with Crippen LogP contribution in [0, 0.1) is 5.92 Å². The number of carboxylic acid groups (broad SMARTS) is 1. The van der Waals surface area contributed by atoms with Crippen molar-refractivity contribution >= 4 is 11.9 Å². The van der Waals surface area contributed by atoms with Gasteiger partial charge in [-0.2, -0.15) is 0 Å². The first-order chi connectivity index (χ1) is 8.62. The van der Waals surface area contributed by atoms with Gasteiger partial charge in [-0.1, -0.05) is 12.2 Å². The molecule has 1 aliphatic heterocycles. The van der Waals surface area contributed by atoms with E-state index in [0.717, 1.165) is 12.8 Å². The van der Waals surface area contributed by atoms with E-state index in [-0.39, 0.29) is 11.8 Å². The highest BCUT2D eigenvalue weighted by molar-refractivity contribution is 5.87. The predicted octanol–water partition coefficient (Wildman–Crippen LogP) is 1.09. The second-order valence-corrected chi connectivity index (χ2v) is 5.02. The van der Waals surface area contributed by atoms with Gasteiger partial charge in [0.1, 0.15) is 5.54 Å². The molecule has 0 spiro atoms. The summed E-state index contributed by atoms with van der Waals surface area (Å²) in [6.45, 7) is 0.770. The first kappa shape index (κ1) is 13.1. The molecule has 0 radical (unpaired) electrons. The summed E-state index contributed by atoms with van der Waals surface area (Å²) in [6.07, 6.45) is 7.17. The van der Waals surface area contributed by atoms with Crippen LogP contribution in [0.1, 0.15) is 32.1 Å². The zero-order valence-electron chi connectivity index (χ0n) is 10.4. The molecule has 1 atom stereocenters. The summed E-state index contributed by atoms with van der Waals surface area (Å²) in [4.78, 5) is 23.3. The topological polar surface area (TPSA) is 75.6 Å². The number of ether oxygens (including phenoxy) is 1. The molecule has 1 saturated heterocycles. The minimum Gasteiger partial charge on any atom is -0.480 e. The average molecular weight is 253 g/mol. The maximum atomic E-state index is 11.9. The predicted molar refractivity (Wildman–Crippen MR) is 65.0 cm³/mol. The van der Waals surface area contributed by atoms with Gasteiger partial charge >= 0.3 is 5.97 Å². The fourth-order valence-electron chi connectivity index (χ4n) is 2.53. The van der Waals surface area contributed by atoms with Crippen molar-refractivity contribution in [3.05, 3.63) is 12.2 Å². The van der Waals surface area contributed by atoms with E-state index in [0.29, 0.717) is 32.5 Å². The van der Waals surface area contributed by atoms with Gasteiger partial charge in [0.25, 0.3) is 0 Å². The van der Waals surface area contributed by atoms with E-state index in [9.17, 15) is 14.7 Å². The number of aliphatic carboxylic acids is 1. The summed E-state index contributed by atoms with van der Waals surface area (Å²) in [5.41, 5.74) is -1.13. The maximum absolute atomic E-state index is 11.9. The van der Waals surface area contributed by atoms with Gasteiger partial charge in [0.05, 0.1) is 0 Å². The zero-order valence-corrected chi connectivity index (χ0v) is 10.4. The molecule has 2 aliphatic rings. The molecule has 1 unspecified atom stereocenters. The van der Waals surface area contributed by atoms with Crippen molar-refractivity contribution < 1.29 is 19.4 Å². The van der Waals surface area contributed by atoms with Gasteiger partial charge in [-0.3, -0.25) is 4.79 Å². The molecular formula is C13H19NO4. The smallest absolute Gasteiger partial charge is 0.329 e. The lowest BCUT2D eigenvalue weighted by molar-refractivity contribution is -0.152. The number of hydrogen-bond acceptors (Lipinski definition) is 3. The van der Waals surface area contributed by atoms with E-state index >= 15 is 0 Å². The summed E-state index contributed by atoms with van der Waals surface area (Å²) >= 11 is 0.